The molecule has 106 valence electrons. The highest BCUT2D eigenvalue weighted by atomic mass is 79.9. The van der Waals surface area contributed by atoms with Crippen molar-refractivity contribution in [1.29, 1.82) is 0 Å². The fourth-order valence-corrected chi connectivity index (χ4v) is 2.55. The van der Waals surface area contributed by atoms with Gasteiger partial charge in [0.1, 0.15) is 0 Å². The minimum atomic E-state index is -0.439. The van der Waals surface area contributed by atoms with E-state index in [1.54, 1.807) is 19.2 Å². The van der Waals surface area contributed by atoms with E-state index in [1.165, 1.54) is 0 Å². The van der Waals surface area contributed by atoms with Crippen molar-refractivity contribution in [1.82, 2.24) is 0 Å². The van der Waals surface area contributed by atoms with Crippen LogP contribution in [0.25, 0.3) is 0 Å². The summed E-state index contributed by atoms with van der Waals surface area (Å²) in [5, 5.41) is 0. The molecule has 1 aromatic carbocycles. The third-order valence-corrected chi connectivity index (χ3v) is 3.92. The number of ether oxygens (including phenoxy) is 2. The average Bonchev–Trinajstić information content (AvgIpc) is 2.33. The number of nitrogen functional groups attached to an aromatic ring is 1. The first-order valence-electron chi connectivity index (χ1n) is 5.73. The van der Waals surface area contributed by atoms with Crippen LogP contribution in [0.5, 0.6) is 0 Å². The van der Waals surface area contributed by atoms with Crippen molar-refractivity contribution >= 4 is 43.5 Å². The highest BCUT2D eigenvalue weighted by molar-refractivity contribution is 9.11. The van der Waals surface area contributed by atoms with Crippen molar-refractivity contribution in [3.63, 3.8) is 0 Å². The van der Waals surface area contributed by atoms with Gasteiger partial charge in [0.25, 0.3) is 0 Å². The van der Waals surface area contributed by atoms with Gasteiger partial charge in [0.05, 0.1) is 23.5 Å². The first-order chi connectivity index (χ1) is 8.76. The molecule has 0 fully saturated rings. The largest absolute Gasteiger partial charge is 0.462 e. The Hall–Kier alpha value is -0.590. The molecule has 0 saturated heterocycles. The number of hydrogen-bond donors (Lipinski definition) is 1. The molecular formula is C13H17Br2NO3. The van der Waals surface area contributed by atoms with Gasteiger partial charge in [0, 0.05) is 22.5 Å². The molecule has 0 amide bonds. The normalized spacial score (nSPS) is 11.4. The van der Waals surface area contributed by atoms with Crippen LogP contribution in [0.4, 0.5) is 5.69 Å². The van der Waals surface area contributed by atoms with Crippen LogP contribution in [-0.4, -0.2) is 25.3 Å². The molecule has 2 N–H and O–H groups in total. The quantitative estimate of drug-likeness (QED) is 0.609. The summed E-state index contributed by atoms with van der Waals surface area (Å²) in [6.45, 7) is 4.15. The predicted octanol–water partition coefficient (Wildman–Crippen LogP) is 3.77. The highest BCUT2D eigenvalue weighted by Gasteiger charge is 2.19. The maximum atomic E-state index is 12.0. The Balaban J connectivity index is 2.69. The van der Waals surface area contributed by atoms with E-state index in [0.717, 1.165) is 4.47 Å². The number of esters is 1. The summed E-state index contributed by atoms with van der Waals surface area (Å²) in [7, 11) is 1.63. The number of nitrogens with two attached hydrogens (primary N) is 1. The van der Waals surface area contributed by atoms with Gasteiger partial charge in [-0.25, -0.2) is 4.79 Å². The molecule has 0 aliphatic carbocycles. The van der Waals surface area contributed by atoms with Crippen LogP contribution < -0.4 is 5.73 Å². The van der Waals surface area contributed by atoms with Gasteiger partial charge in [0.2, 0.25) is 0 Å². The molecule has 0 aromatic heterocycles. The van der Waals surface area contributed by atoms with Gasteiger partial charge in [-0.1, -0.05) is 15.9 Å². The third-order valence-electron chi connectivity index (χ3n) is 2.80. The SMILES string of the molecule is COC(C)(C)CCOC(=O)c1cc(Br)cc(Br)c1N. The summed E-state index contributed by atoms with van der Waals surface area (Å²) in [5.74, 6) is -0.439. The number of halogens is 2. The predicted molar refractivity (Wildman–Crippen MR) is 82.2 cm³/mol. The van der Waals surface area contributed by atoms with E-state index >= 15 is 0 Å². The van der Waals surface area contributed by atoms with Crippen molar-refractivity contribution in [2.24, 2.45) is 0 Å². The molecule has 0 saturated carbocycles. The summed E-state index contributed by atoms with van der Waals surface area (Å²) in [4.78, 5) is 12.0. The fraction of sp³-hybridized carbons (Fsp3) is 0.462. The van der Waals surface area contributed by atoms with Crippen molar-refractivity contribution in [3.05, 3.63) is 26.6 Å². The molecule has 19 heavy (non-hydrogen) atoms. The second-order valence-electron chi connectivity index (χ2n) is 4.70. The molecule has 0 bridgehead atoms. The van der Waals surface area contributed by atoms with Gasteiger partial charge in [-0.15, -0.1) is 0 Å². The van der Waals surface area contributed by atoms with Crippen molar-refractivity contribution < 1.29 is 14.3 Å². The lowest BCUT2D eigenvalue weighted by molar-refractivity contribution is -0.00560. The lowest BCUT2D eigenvalue weighted by atomic mass is 10.1. The van der Waals surface area contributed by atoms with Crippen molar-refractivity contribution in [3.8, 4) is 0 Å². The Morgan fingerprint density at radius 1 is 1.37 bits per heavy atom. The van der Waals surface area contributed by atoms with Crippen LogP contribution >= 0.6 is 31.9 Å². The Kier molecular flexibility index (Phi) is 5.82. The Bertz CT molecular complexity index is 475. The second kappa shape index (κ2) is 6.72. The number of anilines is 1. The topological polar surface area (TPSA) is 61.5 Å². The van der Waals surface area contributed by atoms with Gasteiger partial charge in [-0.3, -0.25) is 0 Å². The van der Waals surface area contributed by atoms with E-state index in [9.17, 15) is 4.79 Å². The third kappa shape index (κ3) is 4.78. The molecule has 6 heteroatoms. The molecule has 4 nitrogen and oxygen atoms in total. The second-order valence-corrected chi connectivity index (χ2v) is 6.47. The van der Waals surface area contributed by atoms with Crippen LogP contribution in [0, 0.1) is 0 Å². The maximum Gasteiger partial charge on any atom is 0.340 e. The minimum Gasteiger partial charge on any atom is -0.462 e. The zero-order valence-electron chi connectivity index (χ0n) is 11.1. The monoisotopic (exact) mass is 393 g/mol. The highest BCUT2D eigenvalue weighted by Crippen LogP contribution is 2.28. The van der Waals surface area contributed by atoms with Crippen molar-refractivity contribution in [2.75, 3.05) is 19.5 Å². The number of rotatable bonds is 5. The number of hydrogen-bond acceptors (Lipinski definition) is 4. The van der Waals surface area contributed by atoms with E-state index in [4.69, 9.17) is 15.2 Å². The van der Waals surface area contributed by atoms with Crippen LogP contribution in [0.1, 0.15) is 30.6 Å². The molecular weight excluding hydrogens is 378 g/mol. The first kappa shape index (κ1) is 16.5. The van der Waals surface area contributed by atoms with Crippen LogP contribution in [-0.2, 0) is 9.47 Å². The minimum absolute atomic E-state index is 0.281. The molecule has 1 rings (SSSR count). The Morgan fingerprint density at radius 2 is 2.00 bits per heavy atom. The number of carbonyl (C=O) groups excluding carboxylic acids is 1. The van der Waals surface area contributed by atoms with Crippen LogP contribution in [0.2, 0.25) is 0 Å². The molecule has 0 aliphatic rings. The zero-order chi connectivity index (χ0) is 14.6. The van der Waals surface area contributed by atoms with E-state index in [-0.39, 0.29) is 12.2 Å². The van der Waals surface area contributed by atoms with Crippen molar-refractivity contribution in [2.45, 2.75) is 25.9 Å². The smallest absolute Gasteiger partial charge is 0.340 e. The Labute approximate surface area is 129 Å². The zero-order valence-corrected chi connectivity index (χ0v) is 14.3. The van der Waals surface area contributed by atoms with Gasteiger partial charge >= 0.3 is 5.97 Å². The average molecular weight is 395 g/mol. The summed E-state index contributed by atoms with van der Waals surface area (Å²) in [5.41, 5.74) is 6.25. The van der Waals surface area contributed by atoms with E-state index in [2.05, 4.69) is 31.9 Å². The first-order valence-corrected chi connectivity index (χ1v) is 7.32. The molecule has 0 spiro atoms. The number of benzene rings is 1. The molecule has 1 aromatic rings. The summed E-state index contributed by atoms with van der Waals surface area (Å²) in [6, 6.07) is 3.42. The summed E-state index contributed by atoms with van der Waals surface area (Å²) in [6.07, 6.45) is 0.615. The standard InChI is InChI=1S/C13H17Br2NO3/c1-13(2,18-3)4-5-19-12(17)9-6-8(14)7-10(15)11(9)16/h6-7H,4-5,16H2,1-3H3. The van der Waals surface area contributed by atoms with Gasteiger partial charge < -0.3 is 15.2 Å². The van der Waals surface area contributed by atoms with E-state index in [1.807, 2.05) is 13.8 Å². The molecule has 0 radical (unpaired) electrons. The van der Waals surface area contributed by atoms with Gasteiger partial charge in [0.15, 0.2) is 0 Å². The lowest BCUT2D eigenvalue weighted by Gasteiger charge is -2.22. The van der Waals surface area contributed by atoms with Gasteiger partial charge in [-0.2, -0.15) is 0 Å². The van der Waals surface area contributed by atoms with Gasteiger partial charge in [-0.05, 0) is 41.9 Å². The molecule has 0 heterocycles. The lowest BCUT2D eigenvalue weighted by Crippen LogP contribution is -2.25. The number of carbonyl (C=O) groups is 1. The maximum absolute atomic E-state index is 12.0. The molecule has 0 aliphatic heterocycles. The van der Waals surface area contributed by atoms with E-state index < -0.39 is 5.97 Å². The van der Waals surface area contributed by atoms with E-state index in [0.29, 0.717) is 22.1 Å². The number of methoxy groups -OCH3 is 1. The summed E-state index contributed by atoms with van der Waals surface area (Å²) >= 11 is 6.61. The van der Waals surface area contributed by atoms with Crippen LogP contribution in [0.15, 0.2) is 21.1 Å². The fourth-order valence-electron chi connectivity index (χ4n) is 1.32. The Morgan fingerprint density at radius 3 is 2.58 bits per heavy atom. The van der Waals surface area contributed by atoms with Crippen LogP contribution in [0.3, 0.4) is 0 Å². The molecule has 0 unspecified atom stereocenters. The summed E-state index contributed by atoms with van der Waals surface area (Å²) < 4.78 is 11.9. The molecule has 0 atom stereocenters.